The zero-order chi connectivity index (χ0) is 20.1. The molecule has 0 amide bonds. The van der Waals surface area contributed by atoms with Crippen LogP contribution in [0.15, 0.2) is 47.1 Å². The topological polar surface area (TPSA) is 133 Å². The fraction of sp³-hybridized carbons (Fsp3) is 0.316. The molecule has 3 aromatic heterocycles. The van der Waals surface area contributed by atoms with E-state index in [4.69, 9.17) is 20.1 Å². The predicted octanol–water partition coefficient (Wildman–Crippen LogP) is 2.30. The lowest BCUT2D eigenvalue weighted by Gasteiger charge is -2.24. The third-order valence-electron chi connectivity index (χ3n) is 3.86. The van der Waals surface area contributed by atoms with Gasteiger partial charge in [-0.3, -0.25) is 4.98 Å². The fourth-order valence-electron chi connectivity index (χ4n) is 2.61. The molecule has 0 saturated heterocycles. The Hall–Kier alpha value is -3.33. The van der Waals surface area contributed by atoms with E-state index in [0.29, 0.717) is 22.7 Å². The highest BCUT2D eigenvalue weighted by Gasteiger charge is 2.26. The van der Waals surface area contributed by atoms with Crippen molar-refractivity contribution in [1.82, 2.24) is 25.3 Å². The monoisotopic (exact) mass is 382 g/mol. The van der Waals surface area contributed by atoms with Crippen molar-refractivity contribution >= 4 is 5.57 Å². The summed E-state index contributed by atoms with van der Waals surface area (Å²) in [5, 5.41) is 21.0. The Morgan fingerprint density at radius 2 is 2.11 bits per heavy atom. The van der Waals surface area contributed by atoms with Gasteiger partial charge in [0, 0.05) is 17.8 Å². The SMILES string of the molecule is CC(C)(C)/C(=C(/N)OCc1ccccn1)c1cnnc(-c2cc(CO)on2)n1. The quantitative estimate of drug-likeness (QED) is 0.616. The van der Waals surface area contributed by atoms with E-state index in [1.54, 1.807) is 12.3 Å². The van der Waals surface area contributed by atoms with Gasteiger partial charge in [-0.2, -0.15) is 5.10 Å². The zero-order valence-electron chi connectivity index (χ0n) is 16.0. The highest BCUT2D eigenvalue weighted by molar-refractivity contribution is 5.68. The Morgan fingerprint density at radius 1 is 1.29 bits per heavy atom. The van der Waals surface area contributed by atoms with Crippen LogP contribution in [0.2, 0.25) is 0 Å². The lowest BCUT2D eigenvalue weighted by Crippen LogP contribution is -2.18. The molecule has 3 rings (SSSR count). The van der Waals surface area contributed by atoms with Crippen LogP contribution < -0.4 is 5.73 Å². The van der Waals surface area contributed by atoms with Crippen LogP contribution in [0.4, 0.5) is 0 Å². The van der Waals surface area contributed by atoms with Crippen LogP contribution in [-0.2, 0) is 18.0 Å². The zero-order valence-corrected chi connectivity index (χ0v) is 16.0. The minimum Gasteiger partial charge on any atom is -0.473 e. The van der Waals surface area contributed by atoms with Gasteiger partial charge < -0.3 is 20.1 Å². The highest BCUT2D eigenvalue weighted by atomic mass is 16.5. The van der Waals surface area contributed by atoms with Crippen molar-refractivity contribution in [2.45, 2.75) is 34.0 Å². The largest absolute Gasteiger partial charge is 0.473 e. The molecule has 0 fully saturated rings. The van der Waals surface area contributed by atoms with E-state index in [1.165, 1.54) is 6.20 Å². The average molecular weight is 382 g/mol. The first-order valence-electron chi connectivity index (χ1n) is 8.68. The van der Waals surface area contributed by atoms with E-state index in [1.807, 2.05) is 39.0 Å². The smallest absolute Gasteiger partial charge is 0.204 e. The van der Waals surface area contributed by atoms with Gasteiger partial charge in [0.05, 0.1) is 17.6 Å². The van der Waals surface area contributed by atoms with E-state index in [2.05, 4.69) is 25.3 Å². The molecule has 0 aliphatic rings. The summed E-state index contributed by atoms with van der Waals surface area (Å²) >= 11 is 0. The fourth-order valence-corrected chi connectivity index (χ4v) is 2.61. The Bertz CT molecular complexity index is 963. The third-order valence-corrected chi connectivity index (χ3v) is 3.86. The van der Waals surface area contributed by atoms with Gasteiger partial charge in [-0.25, -0.2) is 4.98 Å². The van der Waals surface area contributed by atoms with Gasteiger partial charge in [-0.05, 0) is 17.5 Å². The number of hydrogen-bond donors (Lipinski definition) is 2. The molecule has 0 saturated carbocycles. The van der Waals surface area contributed by atoms with Crippen LogP contribution >= 0.6 is 0 Å². The second-order valence-corrected chi connectivity index (χ2v) is 7.10. The van der Waals surface area contributed by atoms with Gasteiger partial charge in [0.15, 0.2) is 17.3 Å². The molecule has 0 bridgehead atoms. The summed E-state index contributed by atoms with van der Waals surface area (Å²) < 4.78 is 10.8. The Kier molecular flexibility index (Phi) is 5.65. The molecule has 9 nitrogen and oxygen atoms in total. The molecule has 3 aromatic rings. The maximum atomic E-state index is 9.14. The summed E-state index contributed by atoms with van der Waals surface area (Å²) in [6.45, 7) is 5.98. The van der Waals surface area contributed by atoms with E-state index >= 15 is 0 Å². The van der Waals surface area contributed by atoms with Crippen LogP contribution in [0.25, 0.3) is 17.1 Å². The van der Waals surface area contributed by atoms with Crippen LogP contribution in [0.1, 0.15) is 37.9 Å². The molecular formula is C19H22N6O3. The number of aliphatic hydroxyl groups is 1. The number of hydrogen-bond acceptors (Lipinski definition) is 9. The van der Waals surface area contributed by atoms with Crippen molar-refractivity contribution in [2.24, 2.45) is 11.1 Å². The lowest BCUT2D eigenvalue weighted by atomic mass is 9.84. The molecule has 3 heterocycles. The molecule has 0 spiro atoms. The third kappa shape index (κ3) is 4.49. The second kappa shape index (κ2) is 8.13. The number of pyridine rings is 1. The minimum atomic E-state index is -0.373. The number of ether oxygens (including phenoxy) is 1. The van der Waals surface area contributed by atoms with E-state index < -0.39 is 0 Å². The Morgan fingerprint density at radius 3 is 2.75 bits per heavy atom. The molecule has 0 unspecified atom stereocenters. The first-order valence-corrected chi connectivity index (χ1v) is 8.68. The van der Waals surface area contributed by atoms with Gasteiger partial charge in [-0.15, -0.1) is 5.10 Å². The second-order valence-electron chi connectivity index (χ2n) is 7.10. The first-order chi connectivity index (χ1) is 13.4. The molecule has 0 radical (unpaired) electrons. The predicted molar refractivity (Wildman–Crippen MR) is 101 cm³/mol. The van der Waals surface area contributed by atoms with Crippen molar-refractivity contribution < 1.29 is 14.4 Å². The number of nitrogens with two attached hydrogens (primary N) is 1. The summed E-state index contributed by atoms with van der Waals surface area (Å²) in [5.41, 5.74) is 8.24. The number of nitrogens with zero attached hydrogens (tertiary/aromatic N) is 5. The number of aliphatic hydroxyl groups excluding tert-OH is 1. The van der Waals surface area contributed by atoms with E-state index in [-0.39, 0.29) is 30.3 Å². The molecule has 3 N–H and O–H groups in total. The number of rotatable bonds is 6. The van der Waals surface area contributed by atoms with Crippen molar-refractivity contribution in [2.75, 3.05) is 0 Å². The summed E-state index contributed by atoms with van der Waals surface area (Å²) in [5.74, 6) is 0.815. The molecule has 0 aliphatic heterocycles. The van der Waals surface area contributed by atoms with Crippen molar-refractivity contribution in [3.8, 4) is 11.5 Å². The Balaban J connectivity index is 1.94. The van der Waals surface area contributed by atoms with Crippen molar-refractivity contribution in [3.05, 3.63) is 59.7 Å². The molecule has 28 heavy (non-hydrogen) atoms. The maximum absolute atomic E-state index is 9.14. The minimum absolute atomic E-state index is 0.237. The van der Waals surface area contributed by atoms with Crippen molar-refractivity contribution in [1.29, 1.82) is 0 Å². The molecule has 0 atom stereocenters. The molecule has 0 aromatic carbocycles. The van der Waals surface area contributed by atoms with Gasteiger partial charge in [-0.1, -0.05) is 32.0 Å². The number of allylic oxidation sites excluding steroid dienone is 1. The van der Waals surface area contributed by atoms with Gasteiger partial charge in [0.1, 0.15) is 13.2 Å². The standard InChI is InChI=1S/C19H22N6O3/c1-19(2,3)16(17(20)27-11-12-6-4-5-7-21-12)15-9-22-24-18(23-15)14-8-13(10-26)28-25-14/h4-9,26H,10-11,20H2,1-3H3/b17-16-. The Labute approximate surface area is 162 Å². The van der Waals surface area contributed by atoms with E-state index in [0.717, 1.165) is 5.69 Å². The molecular weight excluding hydrogens is 360 g/mol. The summed E-state index contributed by atoms with van der Waals surface area (Å²) in [6.07, 6.45) is 3.22. The molecule has 9 heteroatoms. The highest BCUT2D eigenvalue weighted by Crippen LogP contribution is 2.35. The van der Waals surface area contributed by atoms with Crippen LogP contribution in [0, 0.1) is 5.41 Å². The summed E-state index contributed by atoms with van der Waals surface area (Å²) in [7, 11) is 0. The van der Waals surface area contributed by atoms with Gasteiger partial charge in [0.25, 0.3) is 0 Å². The average Bonchev–Trinajstić information content (AvgIpc) is 3.16. The number of aromatic nitrogens is 5. The van der Waals surface area contributed by atoms with Crippen molar-refractivity contribution in [3.63, 3.8) is 0 Å². The summed E-state index contributed by atoms with van der Waals surface area (Å²) in [6, 6.07) is 7.14. The van der Waals surface area contributed by atoms with E-state index in [9.17, 15) is 0 Å². The first kappa shape index (κ1) is 19.4. The van der Waals surface area contributed by atoms with Crippen LogP contribution in [0.5, 0.6) is 0 Å². The lowest BCUT2D eigenvalue weighted by molar-refractivity contribution is 0.191. The van der Waals surface area contributed by atoms with Crippen LogP contribution in [0.3, 0.4) is 0 Å². The normalized spacial score (nSPS) is 12.6. The van der Waals surface area contributed by atoms with Crippen LogP contribution in [-0.4, -0.2) is 30.4 Å². The molecule has 146 valence electrons. The maximum Gasteiger partial charge on any atom is 0.204 e. The summed E-state index contributed by atoms with van der Waals surface area (Å²) in [4.78, 5) is 8.75. The van der Waals surface area contributed by atoms with Gasteiger partial charge in [0.2, 0.25) is 5.82 Å². The molecule has 0 aliphatic carbocycles. The van der Waals surface area contributed by atoms with Gasteiger partial charge >= 0.3 is 0 Å².